The topological polar surface area (TPSA) is 35.5 Å². The first-order valence-electron chi connectivity index (χ1n) is 8.00. The molecule has 0 radical (unpaired) electrons. The lowest BCUT2D eigenvalue weighted by Crippen LogP contribution is -2.42. The summed E-state index contributed by atoms with van der Waals surface area (Å²) in [6.45, 7) is 2.58. The summed E-state index contributed by atoms with van der Waals surface area (Å²) in [7, 11) is 1.65. The number of methoxy groups -OCH3 is 1. The van der Waals surface area contributed by atoms with Crippen molar-refractivity contribution in [2.75, 3.05) is 13.7 Å². The Labute approximate surface area is 127 Å². The van der Waals surface area contributed by atoms with Crippen LogP contribution in [0.5, 0.6) is 5.75 Å². The fraction of sp³-hybridized carbons (Fsp3) is 0.611. The average Bonchev–Trinajstić information content (AvgIpc) is 2.74. The van der Waals surface area contributed by atoms with Gasteiger partial charge in [-0.05, 0) is 37.5 Å². The van der Waals surface area contributed by atoms with Crippen LogP contribution in [0.4, 0.5) is 0 Å². The van der Waals surface area contributed by atoms with E-state index in [1.54, 1.807) is 7.11 Å². The predicted octanol–water partition coefficient (Wildman–Crippen LogP) is 3.94. The average molecular weight is 290 g/mol. The SMILES string of the molecule is CCOC1(C(=O)Cc2cccc(OC)c2)CCCCCC1. The summed E-state index contributed by atoms with van der Waals surface area (Å²) in [6, 6.07) is 7.75. The number of ketones is 1. The largest absolute Gasteiger partial charge is 0.497 e. The zero-order chi connectivity index (χ0) is 15.1. The van der Waals surface area contributed by atoms with E-state index in [0.717, 1.165) is 37.0 Å². The molecule has 0 N–H and O–H groups in total. The quantitative estimate of drug-likeness (QED) is 0.744. The molecule has 1 fully saturated rings. The molecular weight excluding hydrogens is 264 g/mol. The molecule has 0 bridgehead atoms. The second-order valence-corrected chi connectivity index (χ2v) is 5.79. The molecule has 0 atom stereocenters. The maximum absolute atomic E-state index is 12.9. The van der Waals surface area contributed by atoms with Crippen LogP contribution in [0.25, 0.3) is 0 Å². The summed E-state index contributed by atoms with van der Waals surface area (Å²) in [4.78, 5) is 12.9. The van der Waals surface area contributed by atoms with Gasteiger partial charge in [0.25, 0.3) is 0 Å². The Balaban J connectivity index is 2.13. The van der Waals surface area contributed by atoms with Gasteiger partial charge in [0.15, 0.2) is 5.78 Å². The first kappa shape index (κ1) is 16.0. The number of benzene rings is 1. The van der Waals surface area contributed by atoms with Crippen LogP contribution in [0.1, 0.15) is 51.0 Å². The highest BCUT2D eigenvalue weighted by Crippen LogP contribution is 2.32. The van der Waals surface area contributed by atoms with Crippen molar-refractivity contribution in [1.29, 1.82) is 0 Å². The van der Waals surface area contributed by atoms with Gasteiger partial charge in [-0.25, -0.2) is 0 Å². The zero-order valence-corrected chi connectivity index (χ0v) is 13.2. The van der Waals surface area contributed by atoms with Crippen molar-refractivity contribution in [2.24, 2.45) is 0 Å². The standard InChI is InChI=1S/C18H26O3/c1-3-21-18(11-6-4-5-7-12-18)17(19)14-15-9-8-10-16(13-15)20-2/h8-10,13H,3-7,11-12,14H2,1-2H3. The minimum atomic E-state index is -0.561. The maximum atomic E-state index is 12.9. The number of carbonyl (C=O) groups is 1. The van der Waals surface area contributed by atoms with Gasteiger partial charge in [-0.1, -0.05) is 37.8 Å². The van der Waals surface area contributed by atoms with Gasteiger partial charge < -0.3 is 9.47 Å². The van der Waals surface area contributed by atoms with Crippen LogP contribution in [0.15, 0.2) is 24.3 Å². The highest BCUT2D eigenvalue weighted by Gasteiger charge is 2.38. The molecular formula is C18H26O3. The van der Waals surface area contributed by atoms with Gasteiger partial charge in [0.2, 0.25) is 0 Å². The molecule has 0 amide bonds. The molecule has 116 valence electrons. The number of hydrogen-bond donors (Lipinski definition) is 0. The molecule has 3 nitrogen and oxygen atoms in total. The Bertz CT molecular complexity index is 459. The molecule has 21 heavy (non-hydrogen) atoms. The van der Waals surface area contributed by atoms with Gasteiger partial charge in [0, 0.05) is 13.0 Å². The van der Waals surface area contributed by atoms with Crippen LogP contribution in [0.3, 0.4) is 0 Å². The van der Waals surface area contributed by atoms with Gasteiger partial charge in [0.05, 0.1) is 7.11 Å². The Morgan fingerprint density at radius 2 is 1.90 bits per heavy atom. The van der Waals surface area contributed by atoms with Crippen LogP contribution in [0, 0.1) is 0 Å². The second-order valence-electron chi connectivity index (χ2n) is 5.79. The van der Waals surface area contributed by atoms with Crippen molar-refractivity contribution in [3.05, 3.63) is 29.8 Å². The summed E-state index contributed by atoms with van der Waals surface area (Å²) >= 11 is 0. The molecule has 2 rings (SSSR count). The normalized spacial score (nSPS) is 18.0. The lowest BCUT2D eigenvalue weighted by Gasteiger charge is -2.31. The third-order valence-corrected chi connectivity index (χ3v) is 4.34. The number of rotatable bonds is 6. The summed E-state index contributed by atoms with van der Waals surface area (Å²) in [5.74, 6) is 1.02. The molecule has 0 saturated heterocycles. The highest BCUT2D eigenvalue weighted by atomic mass is 16.5. The van der Waals surface area contributed by atoms with Gasteiger partial charge >= 0.3 is 0 Å². The molecule has 0 heterocycles. The molecule has 1 aromatic rings. The molecule has 0 spiro atoms. The van der Waals surface area contributed by atoms with Crippen molar-refractivity contribution < 1.29 is 14.3 Å². The number of Topliss-reactive ketones (excluding diaryl/α,β-unsaturated/α-hetero) is 1. The van der Waals surface area contributed by atoms with E-state index < -0.39 is 5.60 Å². The Morgan fingerprint density at radius 3 is 2.52 bits per heavy atom. The van der Waals surface area contributed by atoms with E-state index in [9.17, 15) is 4.79 Å². The van der Waals surface area contributed by atoms with Gasteiger partial charge in [-0.15, -0.1) is 0 Å². The number of carbonyl (C=O) groups excluding carboxylic acids is 1. The molecule has 1 aromatic carbocycles. The fourth-order valence-corrected chi connectivity index (χ4v) is 3.21. The van der Waals surface area contributed by atoms with E-state index in [1.807, 2.05) is 31.2 Å². The van der Waals surface area contributed by atoms with Crippen LogP contribution in [-0.4, -0.2) is 25.1 Å². The van der Waals surface area contributed by atoms with Gasteiger partial charge in [0.1, 0.15) is 11.4 Å². The summed E-state index contributed by atoms with van der Waals surface area (Å²) in [5, 5.41) is 0. The molecule has 0 aromatic heterocycles. The van der Waals surface area contributed by atoms with Crippen molar-refractivity contribution in [2.45, 2.75) is 57.5 Å². The van der Waals surface area contributed by atoms with E-state index in [2.05, 4.69) is 0 Å². The van der Waals surface area contributed by atoms with Crippen LogP contribution >= 0.6 is 0 Å². The Kier molecular flexibility index (Phi) is 5.80. The van der Waals surface area contributed by atoms with E-state index >= 15 is 0 Å². The highest BCUT2D eigenvalue weighted by molar-refractivity contribution is 5.89. The molecule has 1 saturated carbocycles. The molecule has 3 heteroatoms. The number of ether oxygens (including phenoxy) is 2. The monoisotopic (exact) mass is 290 g/mol. The van der Waals surface area contributed by atoms with E-state index in [4.69, 9.17) is 9.47 Å². The van der Waals surface area contributed by atoms with E-state index in [0.29, 0.717) is 13.0 Å². The third-order valence-electron chi connectivity index (χ3n) is 4.34. The molecule has 1 aliphatic carbocycles. The lowest BCUT2D eigenvalue weighted by atomic mass is 9.86. The fourth-order valence-electron chi connectivity index (χ4n) is 3.21. The zero-order valence-electron chi connectivity index (χ0n) is 13.2. The smallest absolute Gasteiger partial charge is 0.168 e. The summed E-state index contributed by atoms with van der Waals surface area (Å²) in [6.07, 6.45) is 6.75. The first-order valence-corrected chi connectivity index (χ1v) is 8.00. The first-order chi connectivity index (χ1) is 10.2. The van der Waals surface area contributed by atoms with Gasteiger partial charge in [-0.2, -0.15) is 0 Å². The minimum Gasteiger partial charge on any atom is -0.497 e. The van der Waals surface area contributed by atoms with Gasteiger partial charge in [-0.3, -0.25) is 4.79 Å². The maximum Gasteiger partial charge on any atom is 0.168 e. The van der Waals surface area contributed by atoms with E-state index in [1.165, 1.54) is 12.8 Å². The van der Waals surface area contributed by atoms with Crippen LogP contribution < -0.4 is 4.74 Å². The van der Waals surface area contributed by atoms with E-state index in [-0.39, 0.29) is 5.78 Å². The summed E-state index contributed by atoms with van der Waals surface area (Å²) < 4.78 is 11.2. The van der Waals surface area contributed by atoms with Crippen molar-refractivity contribution in [1.82, 2.24) is 0 Å². The predicted molar refractivity (Wildman–Crippen MR) is 83.8 cm³/mol. The van der Waals surface area contributed by atoms with Crippen molar-refractivity contribution in [3.8, 4) is 5.75 Å². The van der Waals surface area contributed by atoms with Crippen LogP contribution in [0.2, 0.25) is 0 Å². The minimum absolute atomic E-state index is 0.222. The Morgan fingerprint density at radius 1 is 1.19 bits per heavy atom. The lowest BCUT2D eigenvalue weighted by molar-refractivity contribution is -0.145. The third kappa shape index (κ3) is 4.07. The molecule has 0 unspecified atom stereocenters. The molecule has 0 aliphatic heterocycles. The second kappa shape index (κ2) is 7.60. The number of hydrogen-bond acceptors (Lipinski definition) is 3. The van der Waals surface area contributed by atoms with Crippen molar-refractivity contribution in [3.63, 3.8) is 0 Å². The summed E-state index contributed by atoms with van der Waals surface area (Å²) in [5.41, 5.74) is 0.441. The van der Waals surface area contributed by atoms with Crippen molar-refractivity contribution >= 4 is 5.78 Å². The molecule has 1 aliphatic rings. The van der Waals surface area contributed by atoms with Crippen LogP contribution in [-0.2, 0) is 16.0 Å². The Hall–Kier alpha value is -1.35.